The third kappa shape index (κ3) is 4.52. The lowest BCUT2D eigenvalue weighted by molar-refractivity contribution is 0.525. The van der Waals surface area contributed by atoms with Gasteiger partial charge in [-0.25, -0.2) is 4.39 Å². The summed E-state index contributed by atoms with van der Waals surface area (Å²) in [7, 11) is 0. The zero-order valence-corrected chi connectivity index (χ0v) is 11.6. The van der Waals surface area contributed by atoms with Crippen molar-refractivity contribution in [2.24, 2.45) is 5.92 Å². The van der Waals surface area contributed by atoms with Gasteiger partial charge in [0.05, 0.1) is 5.69 Å². The summed E-state index contributed by atoms with van der Waals surface area (Å²) in [5.74, 6) is 0.496. The summed E-state index contributed by atoms with van der Waals surface area (Å²) in [5, 5.41) is 3.20. The Labute approximate surface area is 106 Å². The second-order valence-corrected chi connectivity index (χ2v) is 5.56. The van der Waals surface area contributed by atoms with Gasteiger partial charge in [-0.2, -0.15) is 0 Å². The van der Waals surface area contributed by atoms with E-state index < -0.39 is 0 Å². The van der Waals surface area contributed by atoms with Gasteiger partial charge in [0.15, 0.2) is 0 Å². The minimum atomic E-state index is -0.195. The van der Waals surface area contributed by atoms with Crippen molar-refractivity contribution in [3.05, 3.63) is 28.5 Å². The predicted molar refractivity (Wildman–Crippen MR) is 71.3 cm³/mol. The Morgan fingerprint density at radius 2 is 1.94 bits per heavy atom. The second-order valence-electron chi connectivity index (χ2n) is 4.64. The molecule has 0 bridgehead atoms. The third-order valence-corrected chi connectivity index (χ3v) is 3.00. The average molecular weight is 288 g/mol. The van der Waals surface area contributed by atoms with Crippen molar-refractivity contribution in [1.82, 2.24) is 0 Å². The molecule has 1 atom stereocenters. The first-order chi connectivity index (χ1) is 7.49. The first kappa shape index (κ1) is 13.5. The van der Waals surface area contributed by atoms with Crippen LogP contribution in [0.3, 0.4) is 0 Å². The van der Waals surface area contributed by atoms with Crippen molar-refractivity contribution in [1.29, 1.82) is 0 Å². The molecule has 1 aromatic rings. The molecule has 1 rings (SSSR count). The van der Waals surface area contributed by atoms with Crippen molar-refractivity contribution in [3.63, 3.8) is 0 Å². The van der Waals surface area contributed by atoms with Gasteiger partial charge in [-0.3, -0.25) is 0 Å². The first-order valence-corrected chi connectivity index (χ1v) is 6.50. The molecular weight excluding hydrogens is 269 g/mol. The number of benzene rings is 1. The summed E-state index contributed by atoms with van der Waals surface area (Å²) >= 11 is 3.34. The Morgan fingerprint density at radius 3 is 2.56 bits per heavy atom. The van der Waals surface area contributed by atoms with Crippen LogP contribution < -0.4 is 5.32 Å². The molecular formula is C13H19BrFN. The molecule has 0 spiro atoms. The van der Waals surface area contributed by atoms with Gasteiger partial charge in [0.1, 0.15) is 5.82 Å². The summed E-state index contributed by atoms with van der Waals surface area (Å²) in [6, 6.07) is 5.26. The molecule has 1 unspecified atom stereocenters. The van der Waals surface area contributed by atoms with Gasteiger partial charge in [0.2, 0.25) is 0 Å². The van der Waals surface area contributed by atoms with Crippen LogP contribution in [0, 0.1) is 11.7 Å². The fourth-order valence-electron chi connectivity index (χ4n) is 1.53. The predicted octanol–water partition coefficient (Wildman–Crippen LogP) is 4.82. The minimum Gasteiger partial charge on any atom is -0.380 e. The molecule has 0 fully saturated rings. The van der Waals surface area contributed by atoms with Crippen LogP contribution in [0.2, 0.25) is 0 Å². The van der Waals surface area contributed by atoms with Gasteiger partial charge in [-0.1, -0.05) is 29.8 Å². The van der Waals surface area contributed by atoms with Crippen LogP contribution in [-0.4, -0.2) is 6.04 Å². The zero-order chi connectivity index (χ0) is 12.1. The maximum absolute atomic E-state index is 13.4. The third-order valence-electron chi connectivity index (χ3n) is 2.51. The van der Waals surface area contributed by atoms with E-state index in [-0.39, 0.29) is 5.82 Å². The van der Waals surface area contributed by atoms with E-state index in [9.17, 15) is 4.39 Å². The lowest BCUT2D eigenvalue weighted by atomic mass is 10.0. The average Bonchev–Trinajstić information content (AvgIpc) is 2.20. The Kier molecular flexibility index (Phi) is 5.26. The quantitative estimate of drug-likeness (QED) is 0.818. The molecule has 1 aromatic carbocycles. The number of halogens is 2. The smallest absolute Gasteiger partial charge is 0.146 e. The first-order valence-electron chi connectivity index (χ1n) is 5.70. The van der Waals surface area contributed by atoms with Crippen molar-refractivity contribution in [3.8, 4) is 0 Å². The van der Waals surface area contributed by atoms with Crippen LogP contribution in [0.5, 0.6) is 0 Å². The van der Waals surface area contributed by atoms with E-state index in [2.05, 4.69) is 42.0 Å². The van der Waals surface area contributed by atoms with E-state index in [0.717, 1.165) is 17.3 Å². The highest BCUT2D eigenvalue weighted by molar-refractivity contribution is 9.10. The van der Waals surface area contributed by atoms with Gasteiger partial charge in [0, 0.05) is 10.5 Å². The summed E-state index contributed by atoms with van der Waals surface area (Å²) in [6.45, 7) is 6.49. The maximum Gasteiger partial charge on any atom is 0.146 e. The molecule has 0 aromatic heterocycles. The SMILES string of the molecule is CC(C)CCC(C)Nc1cc(Br)ccc1F. The fraction of sp³-hybridized carbons (Fsp3) is 0.538. The second kappa shape index (κ2) is 6.24. The molecule has 0 heterocycles. The van der Waals surface area contributed by atoms with Crippen LogP contribution in [0.15, 0.2) is 22.7 Å². The van der Waals surface area contributed by atoms with E-state index in [4.69, 9.17) is 0 Å². The van der Waals surface area contributed by atoms with Crippen molar-refractivity contribution >= 4 is 21.6 Å². The molecule has 0 saturated heterocycles. The highest BCUT2D eigenvalue weighted by atomic mass is 79.9. The van der Waals surface area contributed by atoms with E-state index in [1.54, 1.807) is 12.1 Å². The Bertz CT molecular complexity index is 339. The number of rotatable bonds is 5. The molecule has 0 amide bonds. The summed E-state index contributed by atoms with van der Waals surface area (Å²) < 4.78 is 14.3. The van der Waals surface area contributed by atoms with Gasteiger partial charge in [-0.05, 0) is 43.9 Å². The molecule has 90 valence electrons. The normalized spacial score (nSPS) is 12.9. The molecule has 0 saturated carbocycles. The number of nitrogens with one attached hydrogen (secondary N) is 1. The van der Waals surface area contributed by atoms with E-state index in [1.165, 1.54) is 6.07 Å². The molecule has 0 aliphatic heterocycles. The number of hydrogen-bond acceptors (Lipinski definition) is 1. The van der Waals surface area contributed by atoms with Crippen LogP contribution in [-0.2, 0) is 0 Å². The molecule has 3 heteroatoms. The summed E-state index contributed by atoms with van der Waals surface area (Å²) in [6.07, 6.45) is 2.22. The van der Waals surface area contributed by atoms with Crippen LogP contribution in [0.4, 0.5) is 10.1 Å². The van der Waals surface area contributed by atoms with Crippen LogP contribution >= 0.6 is 15.9 Å². The van der Waals surface area contributed by atoms with E-state index in [1.807, 2.05) is 0 Å². The molecule has 0 aliphatic carbocycles. The van der Waals surface area contributed by atoms with Gasteiger partial charge >= 0.3 is 0 Å². The highest BCUT2D eigenvalue weighted by Crippen LogP contribution is 2.21. The number of anilines is 1. The standard InChI is InChI=1S/C13H19BrFN/c1-9(2)4-5-10(3)16-13-8-11(14)6-7-12(13)15/h6-10,16H,4-5H2,1-3H3. The maximum atomic E-state index is 13.4. The highest BCUT2D eigenvalue weighted by Gasteiger charge is 2.07. The zero-order valence-electron chi connectivity index (χ0n) is 10.1. The Morgan fingerprint density at radius 1 is 1.25 bits per heavy atom. The topological polar surface area (TPSA) is 12.0 Å². The monoisotopic (exact) mass is 287 g/mol. The van der Waals surface area contributed by atoms with Crippen molar-refractivity contribution in [2.75, 3.05) is 5.32 Å². The number of hydrogen-bond donors (Lipinski definition) is 1. The largest absolute Gasteiger partial charge is 0.380 e. The van der Waals surface area contributed by atoms with Crippen molar-refractivity contribution in [2.45, 2.75) is 39.7 Å². The molecule has 1 N–H and O–H groups in total. The Hall–Kier alpha value is -0.570. The summed E-state index contributed by atoms with van der Waals surface area (Å²) in [5.41, 5.74) is 0.575. The lowest BCUT2D eigenvalue weighted by Crippen LogP contribution is -2.16. The van der Waals surface area contributed by atoms with Gasteiger partial charge in [0.25, 0.3) is 0 Å². The fourth-order valence-corrected chi connectivity index (χ4v) is 1.89. The summed E-state index contributed by atoms with van der Waals surface area (Å²) in [4.78, 5) is 0. The van der Waals surface area contributed by atoms with Gasteiger partial charge in [-0.15, -0.1) is 0 Å². The lowest BCUT2D eigenvalue weighted by Gasteiger charge is -2.17. The van der Waals surface area contributed by atoms with Crippen molar-refractivity contribution < 1.29 is 4.39 Å². The molecule has 1 nitrogen and oxygen atoms in total. The molecule has 16 heavy (non-hydrogen) atoms. The van der Waals surface area contributed by atoms with E-state index >= 15 is 0 Å². The van der Waals surface area contributed by atoms with Crippen LogP contribution in [0.1, 0.15) is 33.6 Å². The van der Waals surface area contributed by atoms with Gasteiger partial charge < -0.3 is 5.32 Å². The van der Waals surface area contributed by atoms with Crippen LogP contribution in [0.25, 0.3) is 0 Å². The molecule has 0 aliphatic rings. The Balaban J connectivity index is 2.55. The minimum absolute atomic E-state index is 0.195. The molecule has 0 radical (unpaired) electrons. The van der Waals surface area contributed by atoms with E-state index in [0.29, 0.717) is 17.6 Å².